The Morgan fingerprint density at radius 1 is 1.15 bits per heavy atom. The van der Waals surface area contributed by atoms with Crippen LogP contribution < -0.4 is 16.4 Å². The first-order valence-corrected chi connectivity index (χ1v) is 9.68. The van der Waals surface area contributed by atoms with Crippen molar-refractivity contribution >= 4 is 17.7 Å². The van der Waals surface area contributed by atoms with Gasteiger partial charge in [0, 0.05) is 18.4 Å². The Morgan fingerprint density at radius 3 is 2.31 bits per heavy atom. The number of likely N-dealkylation sites (N-methyl/N-ethyl adjacent to an activating group) is 1. The Hall–Kier alpha value is -1.47. The average molecular weight is 372 g/mol. The first kappa shape index (κ1) is 24.5. The van der Waals surface area contributed by atoms with E-state index in [0.29, 0.717) is 6.54 Å². The molecule has 3 atom stereocenters. The first-order valence-electron chi connectivity index (χ1n) is 9.68. The molecule has 0 aliphatic rings. The number of carbonyl (C=O) groups is 3. The Kier molecular flexibility index (Phi) is 12.1. The largest absolute Gasteiger partial charge is 0.480 e. The second-order valence-electron chi connectivity index (χ2n) is 7.20. The molecule has 26 heavy (non-hydrogen) atoms. The summed E-state index contributed by atoms with van der Waals surface area (Å²) in [5.74, 6) is -1.01. The highest BCUT2D eigenvalue weighted by atomic mass is 16.4. The van der Waals surface area contributed by atoms with Gasteiger partial charge in [-0.1, -0.05) is 27.2 Å². The van der Waals surface area contributed by atoms with Gasteiger partial charge in [-0.3, -0.25) is 14.4 Å². The molecule has 7 heteroatoms. The predicted molar refractivity (Wildman–Crippen MR) is 103 cm³/mol. The second kappa shape index (κ2) is 12.8. The molecular formula is C19H37N3O4. The van der Waals surface area contributed by atoms with E-state index in [9.17, 15) is 14.4 Å². The van der Waals surface area contributed by atoms with E-state index in [1.165, 1.54) is 0 Å². The molecule has 7 nitrogen and oxygen atoms in total. The number of nitrogens with one attached hydrogen (secondary N) is 2. The summed E-state index contributed by atoms with van der Waals surface area (Å²) in [6, 6.07) is -1.16. The number of unbranched alkanes of at least 4 members (excludes halogenated alkanes) is 1. The number of ketones is 1. The highest BCUT2D eigenvalue weighted by Crippen LogP contribution is 2.30. The summed E-state index contributed by atoms with van der Waals surface area (Å²) in [5, 5.41) is 14.6. The highest BCUT2D eigenvalue weighted by Gasteiger charge is 2.34. The molecule has 0 aromatic carbocycles. The van der Waals surface area contributed by atoms with Crippen LogP contribution in [0.15, 0.2) is 0 Å². The maximum absolute atomic E-state index is 12.8. The highest BCUT2D eigenvalue weighted by molar-refractivity contribution is 5.89. The molecule has 0 saturated heterocycles. The van der Waals surface area contributed by atoms with Crippen LogP contribution in [0.4, 0.5) is 0 Å². The van der Waals surface area contributed by atoms with Crippen LogP contribution in [0.5, 0.6) is 0 Å². The van der Waals surface area contributed by atoms with E-state index in [1.54, 1.807) is 0 Å². The molecule has 0 radical (unpaired) electrons. The number of carbonyl (C=O) groups excluding carboxylic acids is 2. The number of aliphatic carboxylic acids is 1. The maximum atomic E-state index is 12.8. The molecule has 0 aromatic rings. The molecule has 152 valence electrons. The van der Waals surface area contributed by atoms with Crippen molar-refractivity contribution in [3.8, 4) is 0 Å². The topological polar surface area (TPSA) is 122 Å². The summed E-state index contributed by atoms with van der Waals surface area (Å²) >= 11 is 0. The van der Waals surface area contributed by atoms with Gasteiger partial charge in [0.15, 0.2) is 5.78 Å². The Bertz CT molecular complexity index is 456. The van der Waals surface area contributed by atoms with Gasteiger partial charge in [-0.25, -0.2) is 0 Å². The van der Waals surface area contributed by atoms with Crippen LogP contribution >= 0.6 is 0 Å². The van der Waals surface area contributed by atoms with Crippen LogP contribution in [0.2, 0.25) is 0 Å². The van der Waals surface area contributed by atoms with Gasteiger partial charge >= 0.3 is 5.97 Å². The van der Waals surface area contributed by atoms with E-state index in [0.717, 1.165) is 38.5 Å². The lowest BCUT2D eigenvalue weighted by Gasteiger charge is -2.30. The predicted octanol–water partition coefficient (Wildman–Crippen LogP) is 1.84. The van der Waals surface area contributed by atoms with Gasteiger partial charge in [0.25, 0.3) is 0 Å². The Morgan fingerprint density at radius 2 is 1.81 bits per heavy atom. The number of Topliss-reactive ketones (excluding diaryl/α,β-unsaturated/α-hetero) is 1. The lowest BCUT2D eigenvalue weighted by Crippen LogP contribution is -2.43. The fraction of sp³-hybridized carbons (Fsp3) is 0.842. The van der Waals surface area contributed by atoms with Crippen molar-refractivity contribution < 1.29 is 19.5 Å². The number of hydrogen-bond donors (Lipinski definition) is 4. The van der Waals surface area contributed by atoms with Crippen LogP contribution in [0.25, 0.3) is 0 Å². The number of rotatable bonds is 15. The standard InChI is InChI=1S/C19H37N3O4/c1-5-12-19(3,6-2)17(24)15(21-4)9-7-8-13-22-16(23)11-10-14(20)18(25)26/h14-15,21H,5-13,20H2,1-4H3,(H,22,23)(H,25,26)/t14-,15-,19?/m0/s1. The minimum atomic E-state index is -1.09. The fourth-order valence-corrected chi connectivity index (χ4v) is 3.05. The molecule has 0 fully saturated rings. The molecule has 0 bridgehead atoms. The molecule has 0 heterocycles. The molecule has 0 aliphatic carbocycles. The van der Waals surface area contributed by atoms with Crippen molar-refractivity contribution in [2.45, 2.75) is 84.2 Å². The van der Waals surface area contributed by atoms with Gasteiger partial charge < -0.3 is 21.5 Å². The Labute approximate surface area is 157 Å². The van der Waals surface area contributed by atoms with Crippen LogP contribution in [-0.2, 0) is 14.4 Å². The first-order chi connectivity index (χ1) is 12.2. The number of amides is 1. The van der Waals surface area contributed by atoms with E-state index in [2.05, 4.69) is 24.5 Å². The summed E-state index contributed by atoms with van der Waals surface area (Å²) in [7, 11) is 1.82. The molecule has 5 N–H and O–H groups in total. The monoisotopic (exact) mass is 371 g/mol. The van der Waals surface area contributed by atoms with Crippen LogP contribution in [0.3, 0.4) is 0 Å². The third-order valence-corrected chi connectivity index (χ3v) is 5.08. The third-order valence-electron chi connectivity index (χ3n) is 5.08. The number of hydrogen-bond acceptors (Lipinski definition) is 5. The van der Waals surface area contributed by atoms with Crippen molar-refractivity contribution in [2.24, 2.45) is 11.1 Å². The molecule has 1 amide bonds. The fourth-order valence-electron chi connectivity index (χ4n) is 3.05. The van der Waals surface area contributed by atoms with Gasteiger partial charge in [-0.15, -0.1) is 0 Å². The van der Waals surface area contributed by atoms with E-state index >= 15 is 0 Å². The summed E-state index contributed by atoms with van der Waals surface area (Å²) in [6.45, 7) is 6.73. The zero-order chi connectivity index (χ0) is 20.2. The summed E-state index contributed by atoms with van der Waals surface area (Å²) in [5.41, 5.74) is 5.09. The molecule has 0 aromatic heterocycles. The van der Waals surface area contributed by atoms with Crippen LogP contribution in [-0.4, -0.2) is 48.4 Å². The lowest BCUT2D eigenvalue weighted by molar-refractivity contribution is -0.138. The van der Waals surface area contributed by atoms with Gasteiger partial charge in [-0.05, 0) is 45.6 Å². The van der Waals surface area contributed by atoms with Gasteiger partial charge in [0.2, 0.25) is 5.91 Å². The molecule has 0 saturated carbocycles. The Balaban J connectivity index is 4.15. The number of carboxylic acids is 1. The van der Waals surface area contributed by atoms with Crippen LogP contribution in [0, 0.1) is 5.41 Å². The normalized spacial score (nSPS) is 15.7. The van der Waals surface area contributed by atoms with E-state index in [-0.39, 0.29) is 36.0 Å². The maximum Gasteiger partial charge on any atom is 0.320 e. The molecule has 0 aliphatic heterocycles. The van der Waals surface area contributed by atoms with Crippen molar-refractivity contribution in [1.29, 1.82) is 0 Å². The quantitative estimate of drug-likeness (QED) is 0.326. The SMILES string of the molecule is CCCC(C)(CC)C(=O)[C@H](CCCCNC(=O)CC[C@H](N)C(=O)O)NC. The lowest BCUT2D eigenvalue weighted by atomic mass is 9.75. The number of nitrogens with two attached hydrogens (primary N) is 1. The van der Waals surface area contributed by atoms with E-state index in [1.807, 2.05) is 14.0 Å². The van der Waals surface area contributed by atoms with Crippen molar-refractivity contribution in [2.75, 3.05) is 13.6 Å². The average Bonchev–Trinajstić information content (AvgIpc) is 2.62. The second-order valence-corrected chi connectivity index (χ2v) is 7.20. The van der Waals surface area contributed by atoms with Gasteiger partial charge in [0.1, 0.15) is 6.04 Å². The summed E-state index contributed by atoms with van der Waals surface area (Å²) in [4.78, 5) is 35.1. The molecular weight excluding hydrogens is 334 g/mol. The minimum absolute atomic E-state index is 0.108. The van der Waals surface area contributed by atoms with E-state index in [4.69, 9.17) is 10.8 Å². The molecule has 0 spiro atoms. The van der Waals surface area contributed by atoms with Crippen molar-refractivity contribution in [1.82, 2.24) is 10.6 Å². The molecule has 1 unspecified atom stereocenters. The third kappa shape index (κ3) is 8.76. The zero-order valence-corrected chi connectivity index (χ0v) is 16.8. The molecule has 0 rings (SSSR count). The van der Waals surface area contributed by atoms with Crippen LogP contribution in [0.1, 0.15) is 72.1 Å². The minimum Gasteiger partial charge on any atom is -0.480 e. The number of carboxylic acid groups (broad SMARTS) is 1. The smallest absolute Gasteiger partial charge is 0.320 e. The van der Waals surface area contributed by atoms with Crippen molar-refractivity contribution in [3.63, 3.8) is 0 Å². The van der Waals surface area contributed by atoms with Crippen molar-refractivity contribution in [3.05, 3.63) is 0 Å². The zero-order valence-electron chi connectivity index (χ0n) is 16.8. The van der Waals surface area contributed by atoms with Gasteiger partial charge in [0.05, 0.1) is 6.04 Å². The summed E-state index contributed by atoms with van der Waals surface area (Å²) in [6.07, 6.45) is 5.32. The summed E-state index contributed by atoms with van der Waals surface area (Å²) < 4.78 is 0. The van der Waals surface area contributed by atoms with E-state index < -0.39 is 12.0 Å². The van der Waals surface area contributed by atoms with Gasteiger partial charge in [-0.2, -0.15) is 0 Å².